The summed E-state index contributed by atoms with van der Waals surface area (Å²) in [6, 6.07) is 3.98. The Kier molecular flexibility index (Phi) is 5.22. The van der Waals surface area contributed by atoms with E-state index < -0.39 is 0 Å². The molecule has 4 heteroatoms. The van der Waals surface area contributed by atoms with E-state index in [1.165, 1.54) is 0 Å². The lowest BCUT2D eigenvalue weighted by atomic mass is 10.3. The lowest BCUT2D eigenvalue weighted by Gasteiger charge is -2.16. The van der Waals surface area contributed by atoms with Gasteiger partial charge in [0.2, 0.25) is 0 Å². The molecule has 0 saturated carbocycles. The molecule has 1 aromatic rings. The highest BCUT2D eigenvalue weighted by molar-refractivity contribution is 7.99. The van der Waals surface area contributed by atoms with Gasteiger partial charge in [0.25, 0.3) is 0 Å². The van der Waals surface area contributed by atoms with Crippen molar-refractivity contribution in [2.75, 3.05) is 6.61 Å². The van der Waals surface area contributed by atoms with E-state index in [4.69, 9.17) is 15.3 Å². The van der Waals surface area contributed by atoms with Gasteiger partial charge in [0, 0.05) is 17.7 Å². The van der Waals surface area contributed by atoms with Gasteiger partial charge in [-0.25, -0.2) is 0 Å². The minimum absolute atomic E-state index is 0.000563. The number of nitrogens with two attached hydrogens (primary N) is 1. The van der Waals surface area contributed by atoms with E-state index in [1.54, 1.807) is 11.8 Å². The number of aliphatic hydroxyl groups excluding tert-OH is 1. The SMILES string of the molecule is CCc1ccc(CSC(CO)C(C)N)o1. The van der Waals surface area contributed by atoms with Crippen LogP contribution in [0.1, 0.15) is 25.4 Å². The Morgan fingerprint density at radius 3 is 2.60 bits per heavy atom. The Bertz CT molecular complexity index is 286. The second-order valence-electron chi connectivity index (χ2n) is 3.61. The van der Waals surface area contributed by atoms with Crippen molar-refractivity contribution in [3.8, 4) is 0 Å². The normalized spacial score (nSPS) is 15.2. The summed E-state index contributed by atoms with van der Waals surface area (Å²) in [5, 5.41) is 9.18. The molecular weight excluding hydrogens is 210 g/mol. The molecule has 1 aromatic heterocycles. The van der Waals surface area contributed by atoms with Crippen molar-refractivity contribution in [2.24, 2.45) is 5.73 Å². The number of aliphatic hydroxyl groups is 1. The minimum Gasteiger partial charge on any atom is -0.465 e. The van der Waals surface area contributed by atoms with Gasteiger partial charge in [0.15, 0.2) is 0 Å². The van der Waals surface area contributed by atoms with E-state index in [0.717, 1.165) is 23.7 Å². The zero-order chi connectivity index (χ0) is 11.3. The molecule has 0 aromatic carbocycles. The van der Waals surface area contributed by atoms with Crippen molar-refractivity contribution >= 4 is 11.8 Å². The van der Waals surface area contributed by atoms with Crippen LogP contribution in [-0.4, -0.2) is 23.0 Å². The average Bonchev–Trinajstić information content (AvgIpc) is 2.66. The molecule has 0 aliphatic carbocycles. The summed E-state index contributed by atoms with van der Waals surface area (Å²) in [5.74, 6) is 2.73. The molecule has 0 aliphatic heterocycles. The Balaban J connectivity index is 2.41. The highest BCUT2D eigenvalue weighted by Gasteiger charge is 2.13. The lowest BCUT2D eigenvalue weighted by molar-refractivity contribution is 0.285. The van der Waals surface area contributed by atoms with Crippen LogP contribution in [0, 0.1) is 0 Å². The Morgan fingerprint density at radius 2 is 2.13 bits per heavy atom. The molecule has 86 valence electrons. The van der Waals surface area contributed by atoms with Gasteiger partial charge in [-0.05, 0) is 19.1 Å². The van der Waals surface area contributed by atoms with Crippen LogP contribution in [0.2, 0.25) is 0 Å². The number of thioether (sulfide) groups is 1. The van der Waals surface area contributed by atoms with Crippen LogP contribution >= 0.6 is 11.8 Å². The van der Waals surface area contributed by atoms with Crippen LogP contribution in [0.25, 0.3) is 0 Å². The predicted octanol–water partition coefficient (Wildman–Crippen LogP) is 1.78. The second-order valence-corrected chi connectivity index (χ2v) is 4.84. The molecule has 0 fully saturated rings. The third kappa shape index (κ3) is 3.89. The number of hydrogen-bond acceptors (Lipinski definition) is 4. The van der Waals surface area contributed by atoms with Crippen LogP contribution in [0.5, 0.6) is 0 Å². The molecule has 0 radical (unpaired) electrons. The molecule has 2 atom stereocenters. The molecule has 15 heavy (non-hydrogen) atoms. The summed E-state index contributed by atoms with van der Waals surface area (Å²) < 4.78 is 5.56. The van der Waals surface area contributed by atoms with E-state index in [9.17, 15) is 0 Å². The second kappa shape index (κ2) is 6.20. The van der Waals surface area contributed by atoms with E-state index in [0.29, 0.717) is 0 Å². The lowest BCUT2D eigenvalue weighted by Crippen LogP contribution is -2.31. The fourth-order valence-electron chi connectivity index (χ4n) is 1.25. The zero-order valence-corrected chi connectivity index (χ0v) is 10.1. The monoisotopic (exact) mass is 229 g/mol. The van der Waals surface area contributed by atoms with Crippen LogP contribution in [0.15, 0.2) is 16.5 Å². The highest BCUT2D eigenvalue weighted by atomic mass is 32.2. The average molecular weight is 229 g/mol. The standard InChI is InChI=1S/C11H19NO2S/c1-3-9-4-5-10(14-9)7-15-11(6-13)8(2)12/h4-5,8,11,13H,3,6-7,12H2,1-2H3. The van der Waals surface area contributed by atoms with Crippen molar-refractivity contribution in [1.82, 2.24) is 0 Å². The van der Waals surface area contributed by atoms with Gasteiger partial charge in [0.1, 0.15) is 11.5 Å². The van der Waals surface area contributed by atoms with E-state index >= 15 is 0 Å². The maximum Gasteiger partial charge on any atom is 0.114 e. The van der Waals surface area contributed by atoms with Gasteiger partial charge < -0.3 is 15.3 Å². The number of aryl methyl sites for hydroxylation is 1. The molecule has 0 spiro atoms. The van der Waals surface area contributed by atoms with E-state index in [1.807, 2.05) is 19.1 Å². The molecule has 0 amide bonds. The Labute approximate surface area is 95.0 Å². The van der Waals surface area contributed by atoms with Crippen LogP contribution in [0.4, 0.5) is 0 Å². The van der Waals surface area contributed by atoms with Crippen LogP contribution < -0.4 is 5.73 Å². The first-order valence-electron chi connectivity index (χ1n) is 5.23. The summed E-state index contributed by atoms with van der Waals surface area (Å²) >= 11 is 1.64. The molecule has 3 N–H and O–H groups in total. The van der Waals surface area contributed by atoms with E-state index in [-0.39, 0.29) is 17.9 Å². The molecule has 3 nitrogen and oxygen atoms in total. The molecule has 0 saturated heterocycles. The van der Waals surface area contributed by atoms with Crippen molar-refractivity contribution in [2.45, 2.75) is 37.3 Å². The van der Waals surface area contributed by atoms with Gasteiger partial charge in [-0.1, -0.05) is 6.92 Å². The number of furan rings is 1. The van der Waals surface area contributed by atoms with Gasteiger partial charge in [-0.3, -0.25) is 0 Å². The quantitative estimate of drug-likeness (QED) is 0.780. The molecule has 0 aliphatic rings. The van der Waals surface area contributed by atoms with Crippen LogP contribution in [-0.2, 0) is 12.2 Å². The van der Waals surface area contributed by atoms with Gasteiger partial charge in [-0.2, -0.15) is 0 Å². The molecular formula is C11H19NO2S. The van der Waals surface area contributed by atoms with Gasteiger partial charge >= 0.3 is 0 Å². The number of hydrogen-bond donors (Lipinski definition) is 2. The third-order valence-electron chi connectivity index (χ3n) is 2.27. The fourth-order valence-corrected chi connectivity index (χ4v) is 2.19. The first-order valence-corrected chi connectivity index (χ1v) is 6.27. The molecule has 1 rings (SSSR count). The first-order chi connectivity index (χ1) is 7.17. The first kappa shape index (κ1) is 12.6. The Hall–Kier alpha value is -0.450. The maximum absolute atomic E-state index is 9.09. The minimum atomic E-state index is 0.000563. The van der Waals surface area contributed by atoms with Crippen molar-refractivity contribution in [3.05, 3.63) is 23.7 Å². The fraction of sp³-hybridized carbons (Fsp3) is 0.636. The van der Waals surface area contributed by atoms with Gasteiger partial charge in [0.05, 0.1) is 12.4 Å². The summed E-state index contributed by atoms with van der Waals surface area (Å²) in [6.07, 6.45) is 0.918. The van der Waals surface area contributed by atoms with Crippen molar-refractivity contribution in [3.63, 3.8) is 0 Å². The highest BCUT2D eigenvalue weighted by Crippen LogP contribution is 2.21. The largest absolute Gasteiger partial charge is 0.465 e. The van der Waals surface area contributed by atoms with Crippen LogP contribution in [0.3, 0.4) is 0 Å². The van der Waals surface area contributed by atoms with Crippen molar-refractivity contribution in [1.29, 1.82) is 0 Å². The third-order valence-corrected chi connectivity index (χ3v) is 3.73. The van der Waals surface area contributed by atoms with Crippen molar-refractivity contribution < 1.29 is 9.52 Å². The van der Waals surface area contributed by atoms with E-state index in [2.05, 4.69) is 6.92 Å². The summed E-state index contributed by atoms with van der Waals surface area (Å²) in [6.45, 7) is 4.09. The summed E-state index contributed by atoms with van der Waals surface area (Å²) in [5.41, 5.74) is 5.73. The number of rotatable bonds is 6. The maximum atomic E-state index is 9.09. The van der Waals surface area contributed by atoms with Gasteiger partial charge in [-0.15, -0.1) is 11.8 Å². The molecule has 2 unspecified atom stereocenters. The molecule has 0 bridgehead atoms. The predicted molar refractivity (Wildman–Crippen MR) is 63.9 cm³/mol. The molecule has 1 heterocycles. The summed E-state index contributed by atoms with van der Waals surface area (Å²) in [7, 11) is 0. The Morgan fingerprint density at radius 1 is 1.47 bits per heavy atom. The summed E-state index contributed by atoms with van der Waals surface area (Å²) in [4.78, 5) is 0. The topological polar surface area (TPSA) is 59.4 Å². The zero-order valence-electron chi connectivity index (χ0n) is 9.27. The smallest absolute Gasteiger partial charge is 0.114 e.